The smallest absolute Gasteiger partial charge is 0.337 e. The molecule has 27 heavy (non-hydrogen) atoms. The Morgan fingerprint density at radius 1 is 1.22 bits per heavy atom. The molecule has 146 valence electrons. The third-order valence-electron chi connectivity index (χ3n) is 5.05. The summed E-state index contributed by atoms with van der Waals surface area (Å²) in [6.07, 6.45) is 0.230. The number of amides is 1. The summed E-state index contributed by atoms with van der Waals surface area (Å²) in [6, 6.07) is 6.02. The van der Waals surface area contributed by atoms with Crippen molar-refractivity contribution in [3.63, 3.8) is 0 Å². The Morgan fingerprint density at radius 3 is 2.30 bits per heavy atom. The molecule has 0 aliphatic carbocycles. The van der Waals surface area contributed by atoms with E-state index < -0.39 is 28.0 Å². The van der Waals surface area contributed by atoms with Gasteiger partial charge in [-0.2, -0.15) is 0 Å². The first-order valence-electron chi connectivity index (χ1n) is 8.81. The average molecular weight is 410 g/mol. The van der Waals surface area contributed by atoms with E-state index in [4.69, 9.17) is 4.74 Å². The molecule has 1 amide bonds. The van der Waals surface area contributed by atoms with Gasteiger partial charge in [-0.1, -0.05) is 12.1 Å². The van der Waals surface area contributed by atoms with Gasteiger partial charge in [0.15, 0.2) is 0 Å². The van der Waals surface area contributed by atoms with Crippen molar-refractivity contribution in [2.45, 2.75) is 36.4 Å². The van der Waals surface area contributed by atoms with Crippen molar-refractivity contribution in [3.8, 4) is 0 Å². The van der Waals surface area contributed by atoms with E-state index >= 15 is 0 Å². The fraction of sp³-hybridized carbons (Fsp3) is 0.526. The first kappa shape index (κ1) is 20.1. The van der Waals surface area contributed by atoms with Crippen LogP contribution in [0.5, 0.6) is 0 Å². The van der Waals surface area contributed by atoms with Crippen molar-refractivity contribution < 1.29 is 24.2 Å². The molecule has 1 N–H and O–H groups in total. The van der Waals surface area contributed by atoms with Gasteiger partial charge < -0.3 is 14.7 Å². The van der Waals surface area contributed by atoms with E-state index in [1.165, 1.54) is 7.11 Å². The molecule has 0 saturated carbocycles. The molecule has 2 aliphatic heterocycles. The van der Waals surface area contributed by atoms with Gasteiger partial charge in [-0.3, -0.25) is 9.59 Å². The molecule has 2 fully saturated rings. The van der Waals surface area contributed by atoms with Crippen LogP contribution in [0.2, 0.25) is 0 Å². The van der Waals surface area contributed by atoms with Crippen LogP contribution < -0.4 is 0 Å². The van der Waals surface area contributed by atoms with Gasteiger partial charge in [-0.15, -0.1) is 23.5 Å². The largest absolute Gasteiger partial charge is 0.481 e. The fourth-order valence-electron chi connectivity index (χ4n) is 3.94. The van der Waals surface area contributed by atoms with Gasteiger partial charge in [0.1, 0.15) is 5.92 Å². The Kier molecular flexibility index (Phi) is 5.76. The Bertz CT molecular complexity index is 743. The summed E-state index contributed by atoms with van der Waals surface area (Å²) in [6.45, 7) is 3.80. The number of carbonyl (C=O) groups excluding carboxylic acids is 2. The lowest BCUT2D eigenvalue weighted by Gasteiger charge is -2.49. The molecule has 2 saturated heterocycles. The second kappa shape index (κ2) is 7.75. The van der Waals surface area contributed by atoms with Crippen molar-refractivity contribution in [3.05, 3.63) is 35.4 Å². The van der Waals surface area contributed by atoms with Gasteiger partial charge in [0, 0.05) is 17.5 Å². The number of thioether (sulfide) groups is 2. The third-order valence-corrected chi connectivity index (χ3v) is 8.60. The van der Waals surface area contributed by atoms with Gasteiger partial charge in [-0.25, -0.2) is 4.79 Å². The molecule has 2 atom stereocenters. The topological polar surface area (TPSA) is 83.9 Å². The molecule has 0 unspecified atom stereocenters. The van der Waals surface area contributed by atoms with Crippen molar-refractivity contribution in [2.24, 2.45) is 5.92 Å². The highest BCUT2D eigenvalue weighted by Gasteiger charge is 2.58. The number of carbonyl (C=O) groups is 3. The maximum Gasteiger partial charge on any atom is 0.337 e. The van der Waals surface area contributed by atoms with Crippen molar-refractivity contribution >= 4 is 41.4 Å². The van der Waals surface area contributed by atoms with E-state index in [0.29, 0.717) is 5.56 Å². The molecule has 8 heteroatoms. The van der Waals surface area contributed by atoms with Crippen LogP contribution in [0.25, 0.3) is 0 Å². The number of ether oxygens (including phenoxy) is 1. The number of hydrogen-bond acceptors (Lipinski definition) is 6. The van der Waals surface area contributed by atoms with E-state index in [1.807, 2.05) is 13.8 Å². The lowest BCUT2D eigenvalue weighted by molar-refractivity contribution is -0.153. The number of carboxylic acids is 1. The molecule has 2 heterocycles. The van der Waals surface area contributed by atoms with E-state index in [2.05, 4.69) is 0 Å². The number of methoxy groups -OCH3 is 1. The quantitative estimate of drug-likeness (QED) is 0.765. The molecule has 1 aromatic rings. The molecular formula is C19H23NO5S2. The van der Waals surface area contributed by atoms with Crippen LogP contribution in [-0.2, 0) is 14.3 Å². The number of aliphatic carboxylic acids is 1. The van der Waals surface area contributed by atoms with Crippen molar-refractivity contribution in [2.75, 3.05) is 18.6 Å². The zero-order valence-corrected chi connectivity index (χ0v) is 17.1. The lowest BCUT2D eigenvalue weighted by Crippen LogP contribution is -2.57. The summed E-state index contributed by atoms with van der Waals surface area (Å²) in [5, 5.41) is 10.1. The number of hydrogen-bond donors (Lipinski definition) is 1. The Balaban J connectivity index is 2.09. The van der Waals surface area contributed by atoms with E-state index in [-0.39, 0.29) is 18.4 Å². The number of benzene rings is 1. The summed E-state index contributed by atoms with van der Waals surface area (Å²) < 4.78 is 4.09. The Hall–Kier alpha value is -1.67. The van der Waals surface area contributed by atoms with Crippen molar-refractivity contribution in [1.29, 1.82) is 0 Å². The van der Waals surface area contributed by atoms with Crippen molar-refractivity contribution in [1.82, 2.24) is 4.90 Å². The molecule has 1 aromatic carbocycles. The maximum absolute atomic E-state index is 13.0. The first-order valence-corrected chi connectivity index (χ1v) is 10.8. The molecular weight excluding hydrogens is 386 g/mol. The zero-order valence-electron chi connectivity index (χ0n) is 15.5. The number of esters is 1. The lowest BCUT2D eigenvalue weighted by atomic mass is 9.82. The van der Waals surface area contributed by atoms with Gasteiger partial charge in [0.05, 0.1) is 29.2 Å². The number of carboxylic acid groups (broad SMARTS) is 1. The van der Waals surface area contributed by atoms with Crippen LogP contribution in [0.4, 0.5) is 0 Å². The number of nitrogens with zero attached hydrogens (tertiary/aromatic N) is 1. The van der Waals surface area contributed by atoms with Crippen LogP contribution in [0.15, 0.2) is 24.3 Å². The maximum atomic E-state index is 13.0. The standard InChI is InChI=1S/C19H23NO5S2/c1-11(2)20-14(21)10-19(26-8-9-27-19)15(17(22)23)16(20)12-4-6-13(7-5-12)18(24)25-3/h4-7,11,15-16H,8-10H2,1-3H3,(H,22,23)/t15-,16+/m1/s1. The average Bonchev–Trinajstić information content (AvgIpc) is 3.08. The van der Waals surface area contributed by atoms with Gasteiger partial charge in [0.25, 0.3) is 0 Å². The minimum atomic E-state index is -0.892. The van der Waals surface area contributed by atoms with Crippen LogP contribution in [0, 0.1) is 5.92 Å². The zero-order chi connectivity index (χ0) is 19.8. The van der Waals surface area contributed by atoms with E-state index in [0.717, 1.165) is 17.1 Å². The predicted molar refractivity (Wildman–Crippen MR) is 106 cm³/mol. The number of piperidine rings is 1. The molecule has 2 aliphatic rings. The van der Waals surface area contributed by atoms with Gasteiger partial charge >= 0.3 is 11.9 Å². The highest BCUT2D eigenvalue weighted by atomic mass is 32.2. The summed E-state index contributed by atoms with van der Waals surface area (Å²) in [4.78, 5) is 38.8. The monoisotopic (exact) mass is 409 g/mol. The van der Waals surface area contributed by atoms with Crippen LogP contribution in [0.1, 0.15) is 42.2 Å². The molecule has 3 rings (SSSR count). The van der Waals surface area contributed by atoms with Gasteiger partial charge in [0.2, 0.25) is 5.91 Å². The molecule has 6 nitrogen and oxygen atoms in total. The molecule has 0 aromatic heterocycles. The van der Waals surface area contributed by atoms with Gasteiger partial charge in [-0.05, 0) is 31.5 Å². The molecule has 0 bridgehead atoms. The summed E-state index contributed by atoms with van der Waals surface area (Å²) in [5.74, 6) is -0.396. The summed E-state index contributed by atoms with van der Waals surface area (Å²) >= 11 is 3.18. The Morgan fingerprint density at radius 2 is 1.81 bits per heavy atom. The Labute approximate surface area is 167 Å². The first-order chi connectivity index (χ1) is 12.8. The van der Waals surface area contributed by atoms with Crippen LogP contribution >= 0.6 is 23.5 Å². The summed E-state index contributed by atoms with van der Waals surface area (Å²) in [5.41, 5.74) is 1.12. The fourth-order valence-corrected chi connectivity index (χ4v) is 7.40. The second-order valence-electron chi connectivity index (χ2n) is 6.95. The van der Waals surface area contributed by atoms with E-state index in [1.54, 1.807) is 52.7 Å². The van der Waals surface area contributed by atoms with Crippen LogP contribution in [0.3, 0.4) is 0 Å². The second-order valence-corrected chi connectivity index (χ2v) is 10.1. The minimum absolute atomic E-state index is 0.0218. The number of likely N-dealkylation sites (tertiary alicyclic amines) is 1. The molecule has 1 spiro atoms. The summed E-state index contributed by atoms with van der Waals surface area (Å²) in [7, 11) is 1.31. The van der Waals surface area contributed by atoms with Crippen LogP contribution in [-0.4, -0.2) is 56.6 Å². The minimum Gasteiger partial charge on any atom is -0.481 e. The highest BCUT2D eigenvalue weighted by Crippen LogP contribution is 2.59. The predicted octanol–water partition coefficient (Wildman–Crippen LogP) is 3.03. The number of rotatable bonds is 4. The highest BCUT2D eigenvalue weighted by molar-refractivity contribution is 8.21. The SMILES string of the molecule is COC(=O)c1ccc([C@H]2[C@H](C(=O)O)C3(CC(=O)N2C(C)C)SCCS3)cc1. The van der Waals surface area contributed by atoms with E-state index in [9.17, 15) is 19.5 Å². The third kappa shape index (κ3) is 3.57. The molecule has 0 radical (unpaired) electrons. The normalized spacial score (nSPS) is 24.4.